The highest BCUT2D eigenvalue weighted by atomic mass is 16.6. The molecule has 1 unspecified atom stereocenters. The third-order valence-electron chi connectivity index (χ3n) is 6.38. The van der Waals surface area contributed by atoms with Crippen molar-refractivity contribution in [3.05, 3.63) is 35.9 Å². The van der Waals surface area contributed by atoms with Crippen molar-refractivity contribution in [2.45, 2.75) is 90.6 Å². The van der Waals surface area contributed by atoms with E-state index in [1.165, 1.54) is 12.0 Å². The molecule has 12 nitrogen and oxygen atoms in total. The van der Waals surface area contributed by atoms with E-state index in [4.69, 9.17) is 14.2 Å². The van der Waals surface area contributed by atoms with Gasteiger partial charge in [0.2, 0.25) is 11.8 Å². The lowest BCUT2D eigenvalue weighted by Crippen LogP contribution is -2.57. The minimum absolute atomic E-state index is 0.131. The summed E-state index contributed by atoms with van der Waals surface area (Å²) in [6.07, 6.45) is 0.445. The number of carbonyl (C=O) groups excluding carboxylic acids is 5. The maximum atomic E-state index is 13.2. The quantitative estimate of drug-likeness (QED) is 0.195. The molecule has 0 saturated carbocycles. The molecule has 1 fully saturated rings. The third-order valence-corrected chi connectivity index (χ3v) is 6.38. The molecule has 0 spiro atoms. The molecule has 228 valence electrons. The molecule has 1 saturated heterocycles. The highest BCUT2D eigenvalue weighted by Crippen LogP contribution is 2.21. The number of nitrogens with one attached hydrogen (secondary N) is 3. The number of benzene rings is 1. The standard InChI is InChI=1S/C29H44N4O8/c1-19(2)23(32-24(34)22-15-11-17-33(22)28(38)41-29(3,4)5)25(35)31-21(26(36)39-6)14-10-16-30-27(37)40-18-20-12-8-7-9-13-20/h7-9,12-13,19,21-23H,10-11,14-18H2,1-6H3,(H,30,37)(H,31,35)(H,32,34)/t21-,22?,23-/m0/s1. The average molecular weight is 577 g/mol. The molecule has 0 bridgehead atoms. The summed E-state index contributed by atoms with van der Waals surface area (Å²) >= 11 is 0. The number of hydrogen-bond donors (Lipinski definition) is 3. The number of hydrogen-bond acceptors (Lipinski definition) is 8. The zero-order valence-electron chi connectivity index (χ0n) is 24.9. The Kier molecular flexibility index (Phi) is 12.9. The van der Waals surface area contributed by atoms with Crippen LogP contribution >= 0.6 is 0 Å². The minimum atomic E-state index is -0.988. The Hall–Kier alpha value is -3.83. The van der Waals surface area contributed by atoms with Crippen LogP contribution in [0.5, 0.6) is 0 Å². The van der Waals surface area contributed by atoms with Crippen molar-refractivity contribution in [3.8, 4) is 0 Å². The van der Waals surface area contributed by atoms with Gasteiger partial charge in [-0.25, -0.2) is 14.4 Å². The number of amides is 4. The Morgan fingerprint density at radius 2 is 1.73 bits per heavy atom. The van der Waals surface area contributed by atoms with Gasteiger partial charge in [0.1, 0.15) is 30.3 Å². The van der Waals surface area contributed by atoms with Crippen molar-refractivity contribution in [3.63, 3.8) is 0 Å². The summed E-state index contributed by atoms with van der Waals surface area (Å²) in [5.41, 5.74) is 0.149. The van der Waals surface area contributed by atoms with Gasteiger partial charge < -0.3 is 30.2 Å². The van der Waals surface area contributed by atoms with E-state index in [2.05, 4.69) is 16.0 Å². The molecular weight excluding hydrogens is 532 g/mol. The van der Waals surface area contributed by atoms with Gasteiger partial charge in [0.25, 0.3) is 0 Å². The van der Waals surface area contributed by atoms with Gasteiger partial charge in [-0.3, -0.25) is 14.5 Å². The number of carbonyl (C=O) groups is 5. The number of rotatable bonds is 12. The molecule has 0 aromatic heterocycles. The zero-order chi connectivity index (χ0) is 30.6. The van der Waals surface area contributed by atoms with Crippen LogP contribution in [0.4, 0.5) is 9.59 Å². The first kappa shape index (κ1) is 33.4. The second-order valence-electron chi connectivity index (χ2n) is 11.3. The Labute approximate surface area is 241 Å². The van der Waals surface area contributed by atoms with Crippen LogP contribution < -0.4 is 16.0 Å². The summed E-state index contributed by atoms with van der Waals surface area (Å²) < 4.78 is 15.4. The smallest absolute Gasteiger partial charge is 0.410 e. The van der Waals surface area contributed by atoms with Gasteiger partial charge in [-0.1, -0.05) is 44.2 Å². The molecule has 0 radical (unpaired) electrons. The largest absolute Gasteiger partial charge is 0.467 e. The molecule has 12 heteroatoms. The van der Waals surface area contributed by atoms with Crippen molar-refractivity contribution < 1.29 is 38.2 Å². The number of ether oxygens (including phenoxy) is 3. The van der Waals surface area contributed by atoms with Crippen molar-refractivity contribution in [1.82, 2.24) is 20.9 Å². The molecule has 4 amide bonds. The monoisotopic (exact) mass is 576 g/mol. The Morgan fingerprint density at radius 3 is 2.34 bits per heavy atom. The van der Waals surface area contributed by atoms with Crippen molar-refractivity contribution in [1.29, 1.82) is 0 Å². The first-order valence-corrected chi connectivity index (χ1v) is 13.9. The van der Waals surface area contributed by atoms with Crippen LogP contribution in [0.2, 0.25) is 0 Å². The predicted octanol–water partition coefficient (Wildman–Crippen LogP) is 2.89. The van der Waals surface area contributed by atoms with Crippen molar-refractivity contribution in [2.24, 2.45) is 5.92 Å². The van der Waals surface area contributed by atoms with E-state index in [1.807, 2.05) is 30.3 Å². The molecule has 0 aliphatic carbocycles. The van der Waals surface area contributed by atoms with Gasteiger partial charge in [-0.15, -0.1) is 0 Å². The molecule has 41 heavy (non-hydrogen) atoms. The zero-order valence-corrected chi connectivity index (χ0v) is 24.9. The fraction of sp³-hybridized carbons (Fsp3) is 0.621. The summed E-state index contributed by atoms with van der Waals surface area (Å²) in [5, 5.41) is 8.04. The van der Waals surface area contributed by atoms with E-state index in [-0.39, 0.29) is 25.5 Å². The van der Waals surface area contributed by atoms with Gasteiger partial charge in [-0.05, 0) is 57.9 Å². The highest BCUT2D eigenvalue weighted by Gasteiger charge is 2.39. The maximum Gasteiger partial charge on any atom is 0.410 e. The number of esters is 1. The fourth-order valence-corrected chi connectivity index (χ4v) is 4.29. The number of likely N-dealkylation sites (tertiary alicyclic amines) is 1. The molecule has 2 rings (SSSR count). The summed E-state index contributed by atoms with van der Waals surface area (Å²) in [7, 11) is 1.22. The molecule has 1 aliphatic rings. The van der Waals surface area contributed by atoms with Gasteiger partial charge in [0.15, 0.2) is 0 Å². The fourth-order valence-electron chi connectivity index (χ4n) is 4.29. The summed E-state index contributed by atoms with van der Waals surface area (Å²) in [6, 6.07) is 6.54. The Morgan fingerprint density at radius 1 is 1.05 bits per heavy atom. The molecule has 3 atom stereocenters. The van der Waals surface area contributed by atoms with Crippen LogP contribution in [0.1, 0.15) is 65.9 Å². The summed E-state index contributed by atoms with van der Waals surface area (Å²) in [6.45, 7) is 9.51. The second-order valence-corrected chi connectivity index (χ2v) is 11.3. The lowest BCUT2D eigenvalue weighted by molar-refractivity contribution is -0.145. The molecule has 3 N–H and O–H groups in total. The lowest BCUT2D eigenvalue weighted by Gasteiger charge is -2.30. The van der Waals surface area contributed by atoms with Gasteiger partial charge in [0, 0.05) is 13.1 Å². The van der Waals surface area contributed by atoms with Gasteiger partial charge >= 0.3 is 18.2 Å². The SMILES string of the molecule is COC(=O)[C@H](CCCNC(=O)OCc1ccccc1)NC(=O)[C@@H](NC(=O)C1CCCN1C(=O)OC(C)(C)C)C(C)C. The van der Waals surface area contributed by atoms with Crippen molar-refractivity contribution >= 4 is 30.0 Å². The molecule has 1 heterocycles. The van der Waals surface area contributed by atoms with Crippen LogP contribution in [-0.2, 0) is 35.2 Å². The van der Waals surface area contributed by atoms with E-state index < -0.39 is 53.7 Å². The second kappa shape index (κ2) is 15.8. The van der Waals surface area contributed by atoms with Gasteiger partial charge in [0.05, 0.1) is 7.11 Å². The van der Waals surface area contributed by atoms with E-state index in [0.717, 1.165) is 5.56 Å². The van der Waals surface area contributed by atoms with E-state index >= 15 is 0 Å². The highest BCUT2D eigenvalue weighted by molar-refractivity contribution is 5.93. The summed E-state index contributed by atoms with van der Waals surface area (Å²) in [4.78, 5) is 64.7. The molecule has 1 aliphatic heterocycles. The van der Waals surface area contributed by atoms with Crippen LogP contribution in [0.3, 0.4) is 0 Å². The minimum Gasteiger partial charge on any atom is -0.467 e. The topological polar surface area (TPSA) is 152 Å². The van der Waals surface area contributed by atoms with Crippen LogP contribution in [0.15, 0.2) is 30.3 Å². The number of alkyl carbamates (subject to hydrolysis) is 1. The molecular formula is C29H44N4O8. The summed E-state index contributed by atoms with van der Waals surface area (Å²) in [5.74, 6) is -1.98. The predicted molar refractivity (Wildman–Crippen MR) is 151 cm³/mol. The molecule has 1 aromatic carbocycles. The lowest BCUT2D eigenvalue weighted by atomic mass is 10.0. The molecule has 1 aromatic rings. The van der Waals surface area contributed by atoms with Crippen LogP contribution in [0.25, 0.3) is 0 Å². The van der Waals surface area contributed by atoms with Crippen molar-refractivity contribution in [2.75, 3.05) is 20.2 Å². The Balaban J connectivity index is 1.91. The number of nitrogens with zero attached hydrogens (tertiary/aromatic N) is 1. The first-order chi connectivity index (χ1) is 19.3. The first-order valence-electron chi connectivity index (χ1n) is 13.9. The third kappa shape index (κ3) is 11.3. The van der Waals surface area contributed by atoms with Crippen LogP contribution in [0, 0.1) is 5.92 Å². The van der Waals surface area contributed by atoms with E-state index in [1.54, 1.807) is 34.6 Å². The Bertz CT molecular complexity index is 1040. The van der Waals surface area contributed by atoms with Gasteiger partial charge in [-0.2, -0.15) is 0 Å². The maximum absolute atomic E-state index is 13.2. The number of methoxy groups -OCH3 is 1. The van der Waals surface area contributed by atoms with E-state index in [9.17, 15) is 24.0 Å². The van der Waals surface area contributed by atoms with E-state index in [0.29, 0.717) is 25.8 Å². The average Bonchev–Trinajstić information content (AvgIpc) is 3.41. The van der Waals surface area contributed by atoms with Crippen LogP contribution in [-0.4, -0.2) is 78.8 Å². The normalized spacial score (nSPS) is 16.4.